The number of hydrogen-bond acceptors (Lipinski definition) is 5. The number of carbonyl (C=O) groups is 1. The summed E-state index contributed by atoms with van der Waals surface area (Å²) in [7, 11) is -2.74. The molecular formula is C18H24FN5O3S. The van der Waals surface area contributed by atoms with Gasteiger partial charge in [0.15, 0.2) is 5.03 Å². The van der Waals surface area contributed by atoms with Crippen LogP contribution in [0.15, 0.2) is 35.6 Å². The summed E-state index contributed by atoms with van der Waals surface area (Å²) in [6, 6.07) is 4.54. The van der Waals surface area contributed by atoms with E-state index in [1.165, 1.54) is 19.3 Å². The third-order valence-electron chi connectivity index (χ3n) is 5.25. The fourth-order valence-electron chi connectivity index (χ4n) is 3.39. The molecule has 2 aromatic heterocycles. The number of hydrogen-bond donors (Lipinski definition) is 1. The first-order chi connectivity index (χ1) is 13.1. The molecule has 0 saturated carbocycles. The quantitative estimate of drug-likeness (QED) is 0.837. The summed E-state index contributed by atoms with van der Waals surface area (Å²) in [6.07, 6.45) is 3.40. The maximum absolute atomic E-state index is 15.5. The number of nitrogens with zero attached hydrogens (tertiary/aromatic N) is 4. The molecule has 0 bridgehead atoms. The Morgan fingerprint density at radius 2 is 1.96 bits per heavy atom. The topological polar surface area (TPSA) is 97.2 Å². The van der Waals surface area contributed by atoms with Gasteiger partial charge in [0, 0.05) is 31.7 Å². The van der Waals surface area contributed by atoms with Gasteiger partial charge in [-0.2, -0.15) is 5.10 Å². The molecule has 1 atom stereocenters. The minimum Gasteiger partial charge on any atom is -0.325 e. The maximum atomic E-state index is 15.5. The van der Waals surface area contributed by atoms with Crippen molar-refractivity contribution >= 4 is 21.6 Å². The van der Waals surface area contributed by atoms with Gasteiger partial charge in [0.25, 0.3) is 0 Å². The minimum atomic E-state index is -4.21. The maximum Gasteiger partial charge on any atom is 0.321 e. The molecule has 10 heteroatoms. The van der Waals surface area contributed by atoms with Crippen molar-refractivity contribution in [2.24, 2.45) is 13.0 Å². The van der Waals surface area contributed by atoms with Gasteiger partial charge in [-0.25, -0.2) is 17.6 Å². The lowest BCUT2D eigenvalue weighted by atomic mass is 9.92. The number of urea groups is 1. The van der Waals surface area contributed by atoms with Crippen molar-refractivity contribution in [3.8, 4) is 0 Å². The zero-order valence-corrected chi connectivity index (χ0v) is 16.9. The van der Waals surface area contributed by atoms with Crippen LogP contribution in [0.2, 0.25) is 0 Å². The second kappa shape index (κ2) is 7.50. The molecule has 1 fully saturated rings. The van der Waals surface area contributed by atoms with Crippen LogP contribution in [0, 0.1) is 12.8 Å². The van der Waals surface area contributed by atoms with Gasteiger partial charge in [-0.05, 0) is 44.9 Å². The van der Waals surface area contributed by atoms with E-state index in [0.29, 0.717) is 5.69 Å². The van der Waals surface area contributed by atoms with Gasteiger partial charge in [-0.1, -0.05) is 0 Å². The molecule has 0 radical (unpaired) electrons. The molecule has 2 amide bonds. The lowest BCUT2D eigenvalue weighted by Crippen LogP contribution is -2.48. The van der Waals surface area contributed by atoms with E-state index in [2.05, 4.69) is 15.4 Å². The monoisotopic (exact) mass is 409 g/mol. The fraction of sp³-hybridized carbons (Fsp3) is 0.500. The number of anilines is 1. The molecule has 8 nitrogen and oxygen atoms in total. The first-order valence-electron chi connectivity index (χ1n) is 9.03. The Labute approximate surface area is 163 Å². The average Bonchev–Trinajstić information content (AvgIpc) is 3.10. The number of pyridine rings is 1. The van der Waals surface area contributed by atoms with E-state index >= 15 is 4.39 Å². The Hall–Kier alpha value is -2.49. The van der Waals surface area contributed by atoms with Crippen LogP contribution in [0.5, 0.6) is 0 Å². The highest BCUT2D eigenvalue weighted by Gasteiger charge is 2.49. The van der Waals surface area contributed by atoms with E-state index < -0.39 is 20.8 Å². The van der Waals surface area contributed by atoms with Crippen molar-refractivity contribution in [3.63, 3.8) is 0 Å². The van der Waals surface area contributed by atoms with Crippen molar-refractivity contribution < 1.29 is 17.6 Å². The standard InChI is InChI=1S/C18H24FN5O3S/c1-13-4-5-15(12-20-13)22-17(25)24-10-7-14(8-11-24)18(2,19)28(26,27)16-6-9-21-23(16)3/h4-6,9,12,14H,7-8,10-11H2,1-3H3,(H,22,25). The molecule has 152 valence electrons. The predicted octanol–water partition coefficient (Wildman–Crippen LogP) is 2.53. The van der Waals surface area contributed by atoms with E-state index in [9.17, 15) is 13.2 Å². The number of likely N-dealkylation sites (tertiary alicyclic amines) is 1. The number of alkyl halides is 1. The number of nitrogens with one attached hydrogen (secondary N) is 1. The predicted molar refractivity (Wildman–Crippen MR) is 102 cm³/mol. The van der Waals surface area contributed by atoms with Crippen LogP contribution in [-0.4, -0.2) is 52.2 Å². The van der Waals surface area contributed by atoms with Crippen LogP contribution in [0.4, 0.5) is 14.9 Å². The third-order valence-corrected chi connectivity index (χ3v) is 7.59. The molecule has 1 saturated heterocycles. The van der Waals surface area contributed by atoms with Crippen molar-refractivity contribution in [1.29, 1.82) is 0 Å². The summed E-state index contributed by atoms with van der Waals surface area (Å²) in [6.45, 7) is 3.50. The number of halogens is 1. The molecule has 1 aliphatic heterocycles. The van der Waals surface area contributed by atoms with Crippen molar-refractivity contribution in [2.45, 2.75) is 36.7 Å². The van der Waals surface area contributed by atoms with Gasteiger partial charge in [-0.3, -0.25) is 9.67 Å². The second-order valence-electron chi connectivity index (χ2n) is 7.16. The van der Waals surface area contributed by atoms with Crippen LogP contribution in [-0.2, 0) is 16.9 Å². The number of aryl methyl sites for hydroxylation is 2. The fourth-order valence-corrected chi connectivity index (χ4v) is 5.11. The van der Waals surface area contributed by atoms with E-state index in [1.54, 1.807) is 23.2 Å². The van der Waals surface area contributed by atoms with Crippen molar-refractivity contribution in [3.05, 3.63) is 36.3 Å². The zero-order chi connectivity index (χ0) is 20.5. The Morgan fingerprint density at radius 1 is 1.29 bits per heavy atom. The second-order valence-corrected chi connectivity index (χ2v) is 9.39. The van der Waals surface area contributed by atoms with E-state index in [1.807, 2.05) is 6.92 Å². The van der Waals surface area contributed by atoms with Crippen LogP contribution in [0.1, 0.15) is 25.5 Å². The third kappa shape index (κ3) is 3.73. The highest BCUT2D eigenvalue weighted by Crippen LogP contribution is 2.39. The van der Waals surface area contributed by atoms with Crippen LogP contribution in [0.25, 0.3) is 0 Å². The van der Waals surface area contributed by atoms with E-state index in [-0.39, 0.29) is 37.0 Å². The van der Waals surface area contributed by atoms with Crippen LogP contribution in [0.3, 0.4) is 0 Å². The van der Waals surface area contributed by atoms with Crippen molar-refractivity contribution in [1.82, 2.24) is 19.7 Å². The molecule has 0 spiro atoms. The van der Waals surface area contributed by atoms with Gasteiger partial charge in [-0.15, -0.1) is 0 Å². The van der Waals surface area contributed by atoms with Gasteiger partial charge >= 0.3 is 6.03 Å². The molecule has 1 N–H and O–H groups in total. The summed E-state index contributed by atoms with van der Waals surface area (Å²) in [5.74, 6) is -0.711. The molecule has 2 aromatic rings. The molecule has 1 unspecified atom stereocenters. The van der Waals surface area contributed by atoms with E-state index in [4.69, 9.17) is 0 Å². The van der Waals surface area contributed by atoms with E-state index in [0.717, 1.165) is 17.3 Å². The average molecular weight is 409 g/mol. The first kappa shape index (κ1) is 20.2. The number of sulfone groups is 1. The lowest BCUT2D eigenvalue weighted by molar-refractivity contribution is 0.117. The van der Waals surface area contributed by atoms with Crippen LogP contribution >= 0.6 is 0 Å². The lowest BCUT2D eigenvalue weighted by Gasteiger charge is -2.37. The molecule has 3 rings (SSSR count). The first-order valence-corrected chi connectivity index (χ1v) is 10.5. The molecule has 3 heterocycles. The SMILES string of the molecule is Cc1ccc(NC(=O)N2CCC(C(C)(F)S(=O)(=O)c3ccnn3C)CC2)cn1. The number of rotatable bonds is 4. The summed E-state index contributed by atoms with van der Waals surface area (Å²) in [4.78, 5) is 18.1. The number of aromatic nitrogens is 3. The summed E-state index contributed by atoms with van der Waals surface area (Å²) >= 11 is 0. The number of amides is 2. The normalized spacial score (nSPS) is 17.9. The summed E-state index contributed by atoms with van der Waals surface area (Å²) in [5.41, 5.74) is 1.42. The molecular weight excluding hydrogens is 385 g/mol. The summed E-state index contributed by atoms with van der Waals surface area (Å²) in [5, 5.41) is 3.99. The Balaban J connectivity index is 1.65. The van der Waals surface area contributed by atoms with Gasteiger partial charge < -0.3 is 10.2 Å². The Bertz CT molecular complexity index is 948. The van der Waals surface area contributed by atoms with Gasteiger partial charge in [0.2, 0.25) is 14.8 Å². The summed E-state index contributed by atoms with van der Waals surface area (Å²) < 4.78 is 42.2. The number of piperidine rings is 1. The number of carbonyl (C=O) groups excluding carboxylic acids is 1. The molecule has 0 aliphatic carbocycles. The smallest absolute Gasteiger partial charge is 0.321 e. The highest BCUT2D eigenvalue weighted by molar-refractivity contribution is 7.92. The Kier molecular flexibility index (Phi) is 5.42. The van der Waals surface area contributed by atoms with Gasteiger partial charge in [0.05, 0.1) is 18.1 Å². The zero-order valence-electron chi connectivity index (χ0n) is 16.1. The minimum absolute atomic E-state index is 0.149. The molecule has 1 aliphatic rings. The van der Waals surface area contributed by atoms with Crippen molar-refractivity contribution in [2.75, 3.05) is 18.4 Å². The van der Waals surface area contributed by atoms with Crippen LogP contribution < -0.4 is 5.32 Å². The Morgan fingerprint density at radius 3 is 2.50 bits per heavy atom. The highest BCUT2D eigenvalue weighted by atomic mass is 32.2. The molecule has 28 heavy (non-hydrogen) atoms. The van der Waals surface area contributed by atoms with Gasteiger partial charge in [0.1, 0.15) is 0 Å². The largest absolute Gasteiger partial charge is 0.325 e. The molecule has 0 aromatic carbocycles.